The van der Waals surface area contributed by atoms with Gasteiger partial charge in [0, 0.05) is 40.3 Å². The largest absolute Gasteiger partial charge is 0.135 e. The highest BCUT2D eigenvalue weighted by Gasteiger charge is 2.20. The van der Waals surface area contributed by atoms with Gasteiger partial charge in [0.25, 0.3) is 0 Å². The molecule has 2 heteroatoms. The van der Waals surface area contributed by atoms with Crippen molar-refractivity contribution in [1.82, 2.24) is 0 Å². The van der Waals surface area contributed by atoms with Gasteiger partial charge in [-0.2, -0.15) is 0 Å². The maximum absolute atomic E-state index is 2.47. The van der Waals surface area contributed by atoms with Crippen LogP contribution in [0.15, 0.2) is 182 Å². The van der Waals surface area contributed by atoms with Gasteiger partial charge in [-0.1, -0.05) is 146 Å². The van der Waals surface area contributed by atoms with Crippen LogP contribution in [-0.4, -0.2) is 0 Å². The molecule has 12 aromatic rings. The van der Waals surface area contributed by atoms with Gasteiger partial charge >= 0.3 is 0 Å². The zero-order valence-electron chi connectivity index (χ0n) is 29.1. The summed E-state index contributed by atoms with van der Waals surface area (Å²) in [5.74, 6) is 0. The van der Waals surface area contributed by atoms with Crippen molar-refractivity contribution in [3.63, 3.8) is 0 Å². The van der Waals surface area contributed by atoms with Gasteiger partial charge in [-0.15, -0.1) is 22.7 Å². The number of fused-ring (bicyclic) bond motifs is 11. The topological polar surface area (TPSA) is 0 Å². The third kappa shape index (κ3) is 4.36. The fourth-order valence-corrected chi connectivity index (χ4v) is 11.3. The fourth-order valence-electron chi connectivity index (χ4n) is 9.09. The van der Waals surface area contributed by atoms with Crippen LogP contribution in [0.25, 0.3) is 117 Å². The van der Waals surface area contributed by atoms with Crippen molar-refractivity contribution >= 4 is 106 Å². The van der Waals surface area contributed by atoms with Crippen LogP contribution in [0.2, 0.25) is 0 Å². The minimum Gasteiger partial charge on any atom is -0.135 e. The average molecular weight is 719 g/mol. The van der Waals surface area contributed by atoms with Crippen molar-refractivity contribution in [1.29, 1.82) is 0 Å². The molecule has 12 rings (SSSR count). The molecule has 0 aliphatic rings. The van der Waals surface area contributed by atoms with E-state index in [-0.39, 0.29) is 0 Å². The average Bonchev–Trinajstić information content (AvgIpc) is 3.79. The van der Waals surface area contributed by atoms with Crippen molar-refractivity contribution in [2.24, 2.45) is 0 Å². The summed E-state index contributed by atoms with van der Waals surface area (Å²) in [6.07, 6.45) is 0. The molecular formula is C52H30S2. The molecule has 0 spiro atoms. The van der Waals surface area contributed by atoms with E-state index in [1.54, 1.807) is 0 Å². The van der Waals surface area contributed by atoms with Crippen LogP contribution >= 0.6 is 22.7 Å². The van der Waals surface area contributed by atoms with Crippen LogP contribution in [0.1, 0.15) is 0 Å². The van der Waals surface area contributed by atoms with E-state index in [4.69, 9.17) is 0 Å². The van der Waals surface area contributed by atoms with E-state index < -0.39 is 0 Å². The Morgan fingerprint density at radius 1 is 0.259 bits per heavy atom. The Morgan fingerprint density at radius 3 is 1.54 bits per heavy atom. The maximum Gasteiger partial charge on any atom is 0.0361 e. The number of hydrogen-bond donors (Lipinski definition) is 0. The van der Waals surface area contributed by atoms with Gasteiger partial charge in [-0.25, -0.2) is 0 Å². The van der Waals surface area contributed by atoms with E-state index in [9.17, 15) is 0 Å². The van der Waals surface area contributed by atoms with Crippen molar-refractivity contribution in [3.8, 4) is 33.4 Å². The first-order chi connectivity index (χ1) is 26.8. The Balaban J connectivity index is 1.12. The summed E-state index contributed by atoms with van der Waals surface area (Å²) in [4.78, 5) is 0. The van der Waals surface area contributed by atoms with Gasteiger partial charge in [0.2, 0.25) is 0 Å². The Hall–Kier alpha value is -6.32. The van der Waals surface area contributed by atoms with E-state index in [0.29, 0.717) is 0 Å². The highest BCUT2D eigenvalue weighted by atomic mass is 32.1. The van der Waals surface area contributed by atoms with Gasteiger partial charge in [-0.3, -0.25) is 0 Å². The summed E-state index contributed by atoms with van der Waals surface area (Å²) in [6.45, 7) is 0. The van der Waals surface area contributed by atoms with E-state index in [2.05, 4.69) is 182 Å². The molecular weight excluding hydrogens is 689 g/mol. The normalized spacial score (nSPS) is 12.1. The molecule has 0 unspecified atom stereocenters. The third-order valence-corrected chi connectivity index (χ3v) is 13.7. The van der Waals surface area contributed by atoms with E-state index in [1.165, 1.54) is 117 Å². The van der Waals surface area contributed by atoms with Gasteiger partial charge in [0.1, 0.15) is 0 Å². The van der Waals surface area contributed by atoms with Crippen LogP contribution in [0, 0.1) is 0 Å². The summed E-state index contributed by atoms with van der Waals surface area (Å²) >= 11 is 3.79. The molecule has 10 aromatic carbocycles. The Morgan fingerprint density at radius 2 is 0.796 bits per heavy atom. The predicted molar refractivity (Wildman–Crippen MR) is 239 cm³/mol. The molecule has 0 saturated carbocycles. The molecule has 0 aliphatic heterocycles. The van der Waals surface area contributed by atoms with Crippen molar-refractivity contribution < 1.29 is 0 Å². The van der Waals surface area contributed by atoms with E-state index >= 15 is 0 Å². The lowest BCUT2D eigenvalue weighted by Gasteiger charge is -2.19. The molecule has 0 bridgehead atoms. The molecule has 250 valence electrons. The molecule has 0 nitrogen and oxygen atoms in total. The lowest BCUT2D eigenvalue weighted by molar-refractivity contribution is 1.64. The minimum absolute atomic E-state index is 1.24. The van der Waals surface area contributed by atoms with E-state index in [1.807, 2.05) is 22.7 Å². The lowest BCUT2D eigenvalue weighted by Crippen LogP contribution is -1.92. The van der Waals surface area contributed by atoms with Gasteiger partial charge < -0.3 is 0 Å². The second-order valence-electron chi connectivity index (χ2n) is 14.3. The molecule has 0 amide bonds. The molecule has 2 aromatic heterocycles. The Labute approximate surface area is 319 Å². The van der Waals surface area contributed by atoms with Crippen molar-refractivity contribution in [2.75, 3.05) is 0 Å². The second kappa shape index (κ2) is 11.6. The first kappa shape index (κ1) is 30.2. The zero-order valence-corrected chi connectivity index (χ0v) is 30.8. The SMILES string of the molecule is c1ccc(-c2ccc(-c3c4ccccc4c(-c4ccc5sc6cc7ccc8sc9ccccc9c8c7cc6c5c4)c4ccccc34)c3ccccc23)cc1. The van der Waals surface area contributed by atoms with Crippen LogP contribution < -0.4 is 0 Å². The number of thiophene rings is 2. The number of benzene rings is 10. The predicted octanol–water partition coefficient (Wildman–Crippen LogP) is 16.0. The highest BCUT2D eigenvalue weighted by Crippen LogP contribution is 2.48. The summed E-state index contributed by atoms with van der Waals surface area (Å²) < 4.78 is 5.36. The molecule has 0 N–H and O–H groups in total. The molecule has 0 fully saturated rings. The van der Waals surface area contributed by atoms with Crippen LogP contribution in [0.3, 0.4) is 0 Å². The van der Waals surface area contributed by atoms with Gasteiger partial charge in [0.15, 0.2) is 0 Å². The minimum atomic E-state index is 1.24. The van der Waals surface area contributed by atoms with Crippen LogP contribution in [0.5, 0.6) is 0 Å². The molecule has 0 aliphatic carbocycles. The van der Waals surface area contributed by atoms with Gasteiger partial charge in [-0.05, 0) is 113 Å². The lowest BCUT2D eigenvalue weighted by atomic mass is 9.83. The molecule has 0 radical (unpaired) electrons. The van der Waals surface area contributed by atoms with Gasteiger partial charge in [0.05, 0.1) is 0 Å². The molecule has 54 heavy (non-hydrogen) atoms. The van der Waals surface area contributed by atoms with Crippen LogP contribution in [0.4, 0.5) is 0 Å². The summed E-state index contributed by atoms with van der Waals surface area (Å²) in [7, 11) is 0. The maximum atomic E-state index is 2.47. The quantitative estimate of drug-likeness (QED) is 0.160. The standard InChI is InChI=1S/C52H30S2/c1-2-12-31(13-3-1)34-24-25-41(36-15-5-4-14-35(34)36)51-39-18-8-6-16-37(39)50(38-17-7-9-19-40(38)51)33-23-26-47-44(28-33)45-30-43-32(29-49(45)54-47)22-27-48-52(43)42-20-10-11-21-46(42)53-48/h1-30H. The molecule has 2 heterocycles. The summed E-state index contributed by atoms with van der Waals surface area (Å²) in [5, 5.41) is 15.7. The molecule has 0 saturated heterocycles. The highest BCUT2D eigenvalue weighted by molar-refractivity contribution is 7.26. The summed E-state index contributed by atoms with van der Waals surface area (Å²) in [5.41, 5.74) is 7.61. The van der Waals surface area contributed by atoms with Crippen LogP contribution in [-0.2, 0) is 0 Å². The zero-order chi connectivity index (χ0) is 35.3. The van der Waals surface area contributed by atoms with E-state index in [0.717, 1.165) is 0 Å². The smallest absolute Gasteiger partial charge is 0.0361 e. The Kier molecular flexibility index (Phi) is 6.48. The second-order valence-corrected chi connectivity index (χ2v) is 16.5. The van der Waals surface area contributed by atoms with Crippen molar-refractivity contribution in [3.05, 3.63) is 182 Å². The van der Waals surface area contributed by atoms with Crippen molar-refractivity contribution in [2.45, 2.75) is 0 Å². The monoisotopic (exact) mass is 718 g/mol. The summed E-state index contributed by atoms with van der Waals surface area (Å²) in [6, 6.07) is 67.9. The number of rotatable bonds is 3. The number of hydrogen-bond acceptors (Lipinski definition) is 2. The first-order valence-electron chi connectivity index (χ1n) is 18.5. The Bertz CT molecular complexity index is 3430. The fraction of sp³-hybridized carbons (Fsp3) is 0. The third-order valence-electron chi connectivity index (χ3n) is 11.4. The first-order valence-corrected chi connectivity index (χ1v) is 20.1. The molecule has 0 atom stereocenters.